The first-order valence-corrected chi connectivity index (χ1v) is 11.6. The molecule has 2 aliphatic heterocycles. The molecule has 7 nitrogen and oxygen atoms in total. The van der Waals surface area contributed by atoms with E-state index in [-0.39, 0.29) is 18.2 Å². The van der Waals surface area contributed by atoms with E-state index >= 15 is 0 Å². The lowest BCUT2D eigenvalue weighted by atomic mass is 10.0. The van der Waals surface area contributed by atoms with Crippen LogP contribution in [-0.2, 0) is 10.0 Å². The Kier molecular flexibility index (Phi) is 4.83. The van der Waals surface area contributed by atoms with Crippen LogP contribution in [0.15, 0.2) is 64.4 Å². The van der Waals surface area contributed by atoms with E-state index in [1.807, 2.05) is 12.1 Å². The lowest BCUT2D eigenvalue weighted by molar-refractivity contribution is 0.0953. The van der Waals surface area contributed by atoms with Crippen molar-refractivity contribution < 1.29 is 17.6 Å². The van der Waals surface area contributed by atoms with Crippen LogP contribution in [0.25, 0.3) is 11.3 Å². The Morgan fingerprint density at radius 1 is 1.10 bits per heavy atom. The van der Waals surface area contributed by atoms with Gasteiger partial charge in [0.15, 0.2) is 5.89 Å². The molecule has 3 aromatic rings. The van der Waals surface area contributed by atoms with Gasteiger partial charge in [-0.25, -0.2) is 13.4 Å². The highest BCUT2D eigenvalue weighted by molar-refractivity contribution is 7.89. The summed E-state index contributed by atoms with van der Waals surface area (Å²) < 4.78 is 39.8. The second-order valence-electron chi connectivity index (χ2n) is 7.90. The Bertz CT molecular complexity index is 1110. The number of aryl methyl sites for hydroxylation is 1. The SMILES string of the molecule is Cc1nc(-c2ccc(S(=O)(=O)N3C4CCC3CC(Oc3cccnc3)C4)cc2)co1. The molecule has 4 heterocycles. The normalized spacial score (nSPS) is 24.1. The number of hydrogen-bond acceptors (Lipinski definition) is 6. The second kappa shape index (κ2) is 7.52. The summed E-state index contributed by atoms with van der Waals surface area (Å²) in [5.74, 6) is 1.31. The number of benzene rings is 1. The smallest absolute Gasteiger partial charge is 0.243 e. The highest BCUT2D eigenvalue weighted by Crippen LogP contribution is 2.41. The first kappa shape index (κ1) is 19.3. The molecule has 8 heteroatoms. The van der Waals surface area contributed by atoms with Crippen LogP contribution in [0.4, 0.5) is 0 Å². The number of nitrogens with zero attached hydrogens (tertiary/aromatic N) is 3. The topological polar surface area (TPSA) is 85.5 Å². The maximum atomic E-state index is 13.4. The van der Waals surface area contributed by atoms with Crippen LogP contribution in [0.5, 0.6) is 5.75 Å². The van der Waals surface area contributed by atoms with Gasteiger partial charge in [0.25, 0.3) is 0 Å². The fourth-order valence-electron chi connectivity index (χ4n) is 4.60. The lowest BCUT2D eigenvalue weighted by Gasteiger charge is -2.37. The Labute approximate surface area is 175 Å². The van der Waals surface area contributed by atoms with Crippen molar-refractivity contribution >= 4 is 10.0 Å². The Hall–Kier alpha value is -2.71. The van der Waals surface area contributed by atoms with E-state index in [0.717, 1.165) is 24.2 Å². The van der Waals surface area contributed by atoms with Gasteiger partial charge in [-0.3, -0.25) is 4.98 Å². The second-order valence-corrected chi connectivity index (χ2v) is 9.74. The van der Waals surface area contributed by atoms with Gasteiger partial charge in [-0.05, 0) is 37.1 Å². The van der Waals surface area contributed by atoms with Gasteiger partial charge in [-0.15, -0.1) is 0 Å². The molecule has 0 saturated carbocycles. The molecule has 2 fully saturated rings. The highest BCUT2D eigenvalue weighted by atomic mass is 32.2. The van der Waals surface area contributed by atoms with Crippen LogP contribution in [0.1, 0.15) is 31.6 Å². The minimum absolute atomic E-state index is 0.0101. The molecular formula is C22H23N3O4S. The third-order valence-corrected chi connectivity index (χ3v) is 7.92. The molecule has 2 bridgehead atoms. The number of sulfonamides is 1. The molecule has 0 N–H and O–H groups in total. The van der Waals surface area contributed by atoms with E-state index in [4.69, 9.17) is 9.15 Å². The molecule has 1 aromatic carbocycles. The fraction of sp³-hybridized carbons (Fsp3) is 0.364. The molecule has 5 rings (SSSR count). The summed E-state index contributed by atoms with van der Waals surface area (Å²) in [4.78, 5) is 8.70. The van der Waals surface area contributed by atoms with Crippen molar-refractivity contribution in [2.45, 2.75) is 55.7 Å². The lowest BCUT2D eigenvalue weighted by Crippen LogP contribution is -2.49. The number of piperidine rings is 1. The van der Waals surface area contributed by atoms with Crippen molar-refractivity contribution in [1.82, 2.24) is 14.3 Å². The van der Waals surface area contributed by atoms with Crippen LogP contribution in [0, 0.1) is 6.92 Å². The third-order valence-electron chi connectivity index (χ3n) is 5.90. The largest absolute Gasteiger partial charge is 0.489 e. The monoisotopic (exact) mass is 425 g/mol. The number of rotatable bonds is 5. The molecule has 30 heavy (non-hydrogen) atoms. The zero-order valence-electron chi connectivity index (χ0n) is 16.6. The predicted molar refractivity (Wildman–Crippen MR) is 110 cm³/mol. The van der Waals surface area contributed by atoms with E-state index < -0.39 is 10.0 Å². The van der Waals surface area contributed by atoms with E-state index in [1.165, 1.54) is 0 Å². The molecular weight excluding hydrogens is 402 g/mol. The summed E-state index contributed by atoms with van der Waals surface area (Å²) in [6.07, 6.45) is 8.12. The van der Waals surface area contributed by atoms with Gasteiger partial charge in [0.1, 0.15) is 23.8 Å². The summed E-state index contributed by atoms with van der Waals surface area (Å²) in [7, 11) is -3.57. The zero-order valence-corrected chi connectivity index (χ0v) is 17.5. The average Bonchev–Trinajstić information content (AvgIpc) is 3.30. The van der Waals surface area contributed by atoms with E-state index in [2.05, 4.69) is 9.97 Å². The van der Waals surface area contributed by atoms with Crippen molar-refractivity contribution in [2.24, 2.45) is 0 Å². The predicted octanol–water partition coefficient (Wildman–Crippen LogP) is 3.81. The number of aromatic nitrogens is 2. The molecule has 156 valence electrons. The van der Waals surface area contributed by atoms with Crippen LogP contribution in [0.3, 0.4) is 0 Å². The summed E-state index contributed by atoms with van der Waals surface area (Å²) in [6.45, 7) is 1.78. The molecule has 2 atom stereocenters. The van der Waals surface area contributed by atoms with Crippen molar-refractivity contribution in [3.63, 3.8) is 0 Å². The molecule has 0 radical (unpaired) electrons. The van der Waals surface area contributed by atoms with Crippen LogP contribution in [-0.4, -0.2) is 40.9 Å². The molecule has 2 saturated heterocycles. The van der Waals surface area contributed by atoms with E-state index in [1.54, 1.807) is 54.2 Å². The molecule has 2 unspecified atom stereocenters. The summed E-state index contributed by atoms with van der Waals surface area (Å²) in [5.41, 5.74) is 1.53. The van der Waals surface area contributed by atoms with Crippen LogP contribution < -0.4 is 4.74 Å². The Morgan fingerprint density at radius 3 is 2.43 bits per heavy atom. The molecule has 0 amide bonds. The van der Waals surface area contributed by atoms with E-state index in [0.29, 0.717) is 29.3 Å². The van der Waals surface area contributed by atoms with Crippen LogP contribution in [0.2, 0.25) is 0 Å². The molecule has 0 spiro atoms. The van der Waals surface area contributed by atoms with Gasteiger partial charge in [-0.1, -0.05) is 12.1 Å². The molecule has 2 aromatic heterocycles. The number of oxazole rings is 1. The van der Waals surface area contributed by atoms with Crippen LogP contribution >= 0.6 is 0 Å². The van der Waals surface area contributed by atoms with E-state index in [9.17, 15) is 8.42 Å². The van der Waals surface area contributed by atoms with Gasteiger partial charge in [0.05, 0.1) is 11.1 Å². The average molecular weight is 426 g/mol. The van der Waals surface area contributed by atoms with Gasteiger partial charge < -0.3 is 9.15 Å². The number of ether oxygens (including phenoxy) is 1. The van der Waals surface area contributed by atoms with Gasteiger partial charge in [-0.2, -0.15) is 4.31 Å². The van der Waals surface area contributed by atoms with Gasteiger partial charge in [0, 0.05) is 43.6 Å². The quantitative estimate of drug-likeness (QED) is 0.618. The number of fused-ring (bicyclic) bond motifs is 2. The molecule has 2 aliphatic rings. The Morgan fingerprint density at radius 2 is 1.83 bits per heavy atom. The first-order chi connectivity index (χ1) is 14.5. The number of pyridine rings is 1. The van der Waals surface area contributed by atoms with Crippen molar-refractivity contribution in [3.8, 4) is 17.0 Å². The third kappa shape index (κ3) is 3.50. The fourth-order valence-corrected chi connectivity index (χ4v) is 6.49. The van der Waals surface area contributed by atoms with Crippen molar-refractivity contribution in [1.29, 1.82) is 0 Å². The molecule has 0 aliphatic carbocycles. The van der Waals surface area contributed by atoms with Crippen molar-refractivity contribution in [2.75, 3.05) is 0 Å². The minimum atomic E-state index is -3.57. The maximum Gasteiger partial charge on any atom is 0.243 e. The van der Waals surface area contributed by atoms with Crippen molar-refractivity contribution in [3.05, 3.63) is 60.9 Å². The summed E-state index contributed by atoms with van der Waals surface area (Å²) >= 11 is 0. The summed E-state index contributed by atoms with van der Waals surface area (Å²) in [5, 5.41) is 0. The number of hydrogen-bond donors (Lipinski definition) is 0. The summed E-state index contributed by atoms with van der Waals surface area (Å²) in [6, 6.07) is 10.5. The minimum Gasteiger partial charge on any atom is -0.489 e. The van der Waals surface area contributed by atoms with Gasteiger partial charge >= 0.3 is 0 Å². The maximum absolute atomic E-state index is 13.4. The van der Waals surface area contributed by atoms with Gasteiger partial charge in [0.2, 0.25) is 10.0 Å². The zero-order chi connectivity index (χ0) is 20.7. The Balaban J connectivity index is 1.34. The highest BCUT2D eigenvalue weighted by Gasteiger charge is 2.47. The standard InChI is InChI=1S/C22H23N3O4S/c1-15-24-22(14-28-15)16-4-8-21(9-5-16)30(26,27)25-17-6-7-18(25)12-20(11-17)29-19-3-2-10-23-13-19/h2-5,8-10,13-14,17-18,20H,6-7,11-12H2,1H3. The first-order valence-electron chi connectivity index (χ1n) is 10.1.